The lowest BCUT2D eigenvalue weighted by Gasteiger charge is -2.10. The smallest absolute Gasteiger partial charge is 0.232 e. The van der Waals surface area contributed by atoms with E-state index in [4.69, 9.17) is 0 Å². The Bertz CT molecular complexity index is 474. The first kappa shape index (κ1) is 14.5. The second kappa shape index (κ2) is 6.37. The van der Waals surface area contributed by atoms with E-state index in [1.165, 1.54) is 0 Å². The van der Waals surface area contributed by atoms with Gasteiger partial charge in [0.25, 0.3) is 0 Å². The number of hydrogen-bond donors (Lipinski definition) is 2. The van der Waals surface area contributed by atoms with Gasteiger partial charge in [0.15, 0.2) is 0 Å². The highest BCUT2D eigenvalue weighted by Crippen LogP contribution is 2.24. The number of nitrogens with one attached hydrogen (secondary N) is 2. The maximum Gasteiger partial charge on any atom is 0.232 e. The van der Waals surface area contributed by atoms with Crippen molar-refractivity contribution >= 4 is 31.6 Å². The number of anilines is 1. The first-order chi connectivity index (χ1) is 7.94. The summed E-state index contributed by atoms with van der Waals surface area (Å²) >= 11 is 3.34. The van der Waals surface area contributed by atoms with E-state index in [1.807, 2.05) is 19.1 Å². The minimum atomic E-state index is -3.26. The molecule has 0 saturated heterocycles. The zero-order valence-electron chi connectivity index (χ0n) is 9.96. The van der Waals surface area contributed by atoms with Gasteiger partial charge in [-0.25, -0.2) is 8.42 Å². The largest absolute Gasteiger partial charge is 0.320 e. The van der Waals surface area contributed by atoms with Crippen molar-refractivity contribution in [3.8, 4) is 0 Å². The third kappa shape index (κ3) is 5.06. The number of hydrogen-bond acceptors (Lipinski definition) is 3. The zero-order chi connectivity index (χ0) is 12.9. The third-order valence-corrected chi connectivity index (χ3v) is 4.24. The Kier molecular flexibility index (Phi) is 5.42. The van der Waals surface area contributed by atoms with Gasteiger partial charge in [-0.1, -0.05) is 6.07 Å². The maximum atomic E-state index is 11.8. The summed E-state index contributed by atoms with van der Waals surface area (Å²) in [6, 6.07) is 5.51. The second-order valence-corrected chi connectivity index (χ2v) is 6.56. The number of halogens is 1. The van der Waals surface area contributed by atoms with Crippen LogP contribution in [0, 0.1) is 6.92 Å². The molecule has 0 amide bonds. The summed E-state index contributed by atoms with van der Waals surface area (Å²) in [5.74, 6) is 0.119. The molecular weight excluding hydrogens is 304 g/mol. The van der Waals surface area contributed by atoms with Gasteiger partial charge in [0, 0.05) is 4.47 Å². The number of benzene rings is 1. The van der Waals surface area contributed by atoms with Crippen LogP contribution >= 0.6 is 15.9 Å². The highest BCUT2D eigenvalue weighted by atomic mass is 79.9. The van der Waals surface area contributed by atoms with Crippen LogP contribution in [-0.4, -0.2) is 27.8 Å². The molecule has 1 aromatic carbocycles. The van der Waals surface area contributed by atoms with Crippen LogP contribution in [0.5, 0.6) is 0 Å². The Morgan fingerprint density at radius 3 is 2.65 bits per heavy atom. The fourth-order valence-electron chi connectivity index (χ4n) is 1.36. The van der Waals surface area contributed by atoms with Gasteiger partial charge in [0.2, 0.25) is 10.0 Å². The second-order valence-electron chi connectivity index (χ2n) is 3.86. The fourth-order valence-corrected chi connectivity index (χ4v) is 3.22. The Hall–Kier alpha value is -0.590. The van der Waals surface area contributed by atoms with Crippen molar-refractivity contribution in [1.29, 1.82) is 0 Å². The van der Waals surface area contributed by atoms with Crippen molar-refractivity contribution in [2.45, 2.75) is 13.3 Å². The van der Waals surface area contributed by atoms with Crippen LogP contribution in [0.4, 0.5) is 5.69 Å². The molecule has 96 valence electrons. The molecule has 0 fully saturated rings. The first-order valence-electron chi connectivity index (χ1n) is 5.36. The molecule has 0 aliphatic heterocycles. The molecule has 4 nitrogen and oxygen atoms in total. The van der Waals surface area contributed by atoms with Gasteiger partial charge in [0.05, 0.1) is 11.4 Å². The zero-order valence-corrected chi connectivity index (χ0v) is 12.4. The van der Waals surface area contributed by atoms with Gasteiger partial charge >= 0.3 is 0 Å². The minimum absolute atomic E-state index is 0.119. The van der Waals surface area contributed by atoms with Crippen LogP contribution in [0.2, 0.25) is 0 Å². The molecule has 0 radical (unpaired) electrons. The van der Waals surface area contributed by atoms with Crippen molar-refractivity contribution in [2.75, 3.05) is 24.1 Å². The van der Waals surface area contributed by atoms with Crippen LogP contribution < -0.4 is 10.0 Å². The molecule has 0 atom stereocenters. The van der Waals surface area contributed by atoms with Gasteiger partial charge in [-0.3, -0.25) is 4.72 Å². The molecule has 0 bridgehead atoms. The lowest BCUT2D eigenvalue weighted by atomic mass is 10.2. The van der Waals surface area contributed by atoms with Crippen molar-refractivity contribution < 1.29 is 8.42 Å². The van der Waals surface area contributed by atoms with Crippen LogP contribution in [0.15, 0.2) is 22.7 Å². The van der Waals surface area contributed by atoms with Crippen LogP contribution in [0.1, 0.15) is 12.0 Å². The highest BCUT2D eigenvalue weighted by Gasteiger charge is 2.11. The normalized spacial score (nSPS) is 11.5. The molecule has 6 heteroatoms. The summed E-state index contributed by atoms with van der Waals surface area (Å²) < 4.78 is 26.8. The quantitative estimate of drug-likeness (QED) is 0.789. The molecule has 0 unspecified atom stereocenters. The van der Waals surface area contributed by atoms with E-state index in [9.17, 15) is 8.42 Å². The minimum Gasteiger partial charge on any atom is -0.320 e. The summed E-state index contributed by atoms with van der Waals surface area (Å²) in [7, 11) is -1.46. The van der Waals surface area contributed by atoms with Crippen LogP contribution in [0.25, 0.3) is 0 Å². The standard InChI is InChI=1S/C11H17BrN2O2S/c1-9-4-5-11(10(12)8-9)14-17(15,16)7-3-6-13-2/h4-5,8,13-14H,3,6-7H2,1-2H3. The summed E-state index contributed by atoms with van der Waals surface area (Å²) in [5.41, 5.74) is 1.66. The van der Waals surface area contributed by atoms with Crippen molar-refractivity contribution in [3.63, 3.8) is 0 Å². The molecule has 0 aromatic heterocycles. The maximum absolute atomic E-state index is 11.8. The van der Waals surface area contributed by atoms with E-state index < -0.39 is 10.0 Å². The van der Waals surface area contributed by atoms with Gasteiger partial charge < -0.3 is 5.32 Å². The molecule has 2 N–H and O–H groups in total. The van der Waals surface area contributed by atoms with Crippen LogP contribution in [-0.2, 0) is 10.0 Å². The molecule has 0 spiro atoms. The van der Waals surface area contributed by atoms with E-state index >= 15 is 0 Å². The Labute approximate surface area is 111 Å². The number of aryl methyl sites for hydroxylation is 1. The summed E-state index contributed by atoms with van der Waals surface area (Å²) in [5, 5.41) is 2.92. The van der Waals surface area contributed by atoms with Crippen molar-refractivity contribution in [1.82, 2.24) is 5.32 Å². The van der Waals surface area contributed by atoms with Crippen LogP contribution in [0.3, 0.4) is 0 Å². The van der Waals surface area contributed by atoms with Gasteiger partial charge in [-0.15, -0.1) is 0 Å². The van der Waals surface area contributed by atoms with E-state index in [1.54, 1.807) is 13.1 Å². The predicted molar refractivity (Wildman–Crippen MR) is 74.8 cm³/mol. The van der Waals surface area contributed by atoms with E-state index in [-0.39, 0.29) is 5.75 Å². The predicted octanol–water partition coefficient (Wildman–Crippen LogP) is 2.11. The molecule has 0 saturated carbocycles. The van der Waals surface area contributed by atoms with Crippen molar-refractivity contribution in [3.05, 3.63) is 28.2 Å². The Balaban J connectivity index is 2.69. The van der Waals surface area contributed by atoms with Gasteiger partial charge in [-0.2, -0.15) is 0 Å². The summed E-state index contributed by atoms with van der Waals surface area (Å²) in [4.78, 5) is 0. The third-order valence-electron chi connectivity index (χ3n) is 2.23. The monoisotopic (exact) mass is 320 g/mol. The molecular formula is C11H17BrN2O2S. The summed E-state index contributed by atoms with van der Waals surface area (Å²) in [6.07, 6.45) is 0.593. The fraction of sp³-hybridized carbons (Fsp3) is 0.455. The van der Waals surface area contributed by atoms with Crippen molar-refractivity contribution in [2.24, 2.45) is 0 Å². The SMILES string of the molecule is CNCCCS(=O)(=O)Nc1ccc(C)cc1Br. The molecule has 0 aliphatic rings. The van der Waals surface area contributed by atoms with E-state index in [0.717, 1.165) is 10.0 Å². The topological polar surface area (TPSA) is 58.2 Å². The number of sulfonamides is 1. The Morgan fingerprint density at radius 2 is 2.06 bits per heavy atom. The molecule has 0 aliphatic carbocycles. The molecule has 1 aromatic rings. The highest BCUT2D eigenvalue weighted by molar-refractivity contribution is 9.10. The average Bonchev–Trinajstić information content (AvgIpc) is 2.22. The Morgan fingerprint density at radius 1 is 1.35 bits per heavy atom. The molecule has 17 heavy (non-hydrogen) atoms. The van der Waals surface area contributed by atoms with Gasteiger partial charge in [-0.05, 0) is 60.6 Å². The van der Waals surface area contributed by atoms with E-state index in [0.29, 0.717) is 18.7 Å². The lowest BCUT2D eigenvalue weighted by molar-refractivity contribution is 0.597. The van der Waals surface area contributed by atoms with E-state index in [2.05, 4.69) is 26.0 Å². The molecule has 1 rings (SSSR count). The average molecular weight is 321 g/mol. The number of rotatable bonds is 6. The van der Waals surface area contributed by atoms with Gasteiger partial charge in [0.1, 0.15) is 0 Å². The summed E-state index contributed by atoms with van der Waals surface area (Å²) in [6.45, 7) is 2.64. The first-order valence-corrected chi connectivity index (χ1v) is 7.80. The molecule has 0 heterocycles. The lowest BCUT2D eigenvalue weighted by Crippen LogP contribution is -2.20.